The Morgan fingerprint density at radius 3 is 2.44 bits per heavy atom. The highest BCUT2D eigenvalue weighted by Gasteiger charge is 2.07. The third kappa shape index (κ3) is 4.96. The van der Waals surface area contributed by atoms with E-state index < -0.39 is 13.0 Å². The van der Waals surface area contributed by atoms with Gasteiger partial charge in [-0.2, -0.15) is 0 Å². The van der Waals surface area contributed by atoms with Crippen LogP contribution in [0, 0.1) is 0 Å². The standard InChI is InChI=1S/C11H15F2N3O2/c12-10(13)6-18-2-1-16-11(17)7-3-8(14)5-9(15)4-7/h3-5,10H,1-2,6,14-15H2,(H,16,17). The van der Waals surface area contributed by atoms with Crippen LogP contribution in [-0.4, -0.2) is 32.1 Å². The molecule has 0 bridgehead atoms. The van der Waals surface area contributed by atoms with Gasteiger partial charge < -0.3 is 21.5 Å². The van der Waals surface area contributed by atoms with Crippen LogP contribution in [-0.2, 0) is 4.74 Å². The Bertz CT molecular complexity index is 393. The summed E-state index contributed by atoms with van der Waals surface area (Å²) >= 11 is 0. The topological polar surface area (TPSA) is 90.4 Å². The molecule has 5 nitrogen and oxygen atoms in total. The van der Waals surface area contributed by atoms with Crippen molar-refractivity contribution in [2.24, 2.45) is 0 Å². The van der Waals surface area contributed by atoms with Crippen LogP contribution in [0.15, 0.2) is 18.2 Å². The van der Waals surface area contributed by atoms with Gasteiger partial charge in [0.25, 0.3) is 12.3 Å². The first-order valence-electron chi connectivity index (χ1n) is 5.29. The average Bonchev–Trinajstić information content (AvgIpc) is 2.26. The van der Waals surface area contributed by atoms with Gasteiger partial charge in [0.1, 0.15) is 6.61 Å². The zero-order valence-electron chi connectivity index (χ0n) is 9.66. The van der Waals surface area contributed by atoms with Crippen molar-refractivity contribution in [1.82, 2.24) is 5.32 Å². The third-order valence-electron chi connectivity index (χ3n) is 2.02. The molecule has 0 spiro atoms. The van der Waals surface area contributed by atoms with Crippen LogP contribution in [0.3, 0.4) is 0 Å². The van der Waals surface area contributed by atoms with E-state index in [0.717, 1.165) is 0 Å². The summed E-state index contributed by atoms with van der Waals surface area (Å²) in [6.45, 7) is -0.477. The number of alkyl halides is 2. The lowest BCUT2D eigenvalue weighted by Gasteiger charge is -2.07. The molecule has 0 radical (unpaired) electrons. The zero-order chi connectivity index (χ0) is 13.5. The molecule has 1 aromatic rings. The molecule has 0 atom stereocenters. The summed E-state index contributed by atoms with van der Waals surface area (Å²) < 4.78 is 28.1. The summed E-state index contributed by atoms with van der Waals surface area (Å²) in [7, 11) is 0. The maximum absolute atomic E-state index is 11.7. The van der Waals surface area contributed by atoms with Gasteiger partial charge in [0.05, 0.1) is 6.61 Å². The molecule has 0 aromatic heterocycles. The van der Waals surface area contributed by atoms with Gasteiger partial charge in [-0.05, 0) is 18.2 Å². The Labute approximate surface area is 103 Å². The van der Waals surface area contributed by atoms with Crippen molar-refractivity contribution in [3.05, 3.63) is 23.8 Å². The number of carbonyl (C=O) groups is 1. The normalized spacial score (nSPS) is 10.6. The molecule has 0 aliphatic carbocycles. The molecule has 0 heterocycles. The molecule has 0 fully saturated rings. The number of benzene rings is 1. The van der Waals surface area contributed by atoms with Gasteiger partial charge in [0.2, 0.25) is 0 Å². The zero-order valence-corrected chi connectivity index (χ0v) is 9.66. The fourth-order valence-electron chi connectivity index (χ4n) is 1.32. The van der Waals surface area contributed by atoms with Gasteiger partial charge in [0, 0.05) is 23.5 Å². The molecular formula is C11H15F2N3O2. The Balaban J connectivity index is 2.36. The van der Waals surface area contributed by atoms with Gasteiger partial charge in [0.15, 0.2) is 0 Å². The summed E-state index contributed by atoms with van der Waals surface area (Å²) in [5.74, 6) is -0.380. The third-order valence-corrected chi connectivity index (χ3v) is 2.02. The number of hydrogen-bond donors (Lipinski definition) is 3. The van der Waals surface area contributed by atoms with Crippen molar-refractivity contribution in [2.45, 2.75) is 6.43 Å². The van der Waals surface area contributed by atoms with Crippen LogP contribution in [0.5, 0.6) is 0 Å². The van der Waals surface area contributed by atoms with Crippen molar-refractivity contribution in [3.63, 3.8) is 0 Å². The first-order valence-corrected chi connectivity index (χ1v) is 5.29. The lowest BCUT2D eigenvalue weighted by molar-refractivity contribution is 0.0188. The molecule has 0 aliphatic rings. The number of hydrogen-bond acceptors (Lipinski definition) is 4. The van der Waals surface area contributed by atoms with E-state index in [1.54, 1.807) is 0 Å². The molecule has 1 amide bonds. The molecule has 0 saturated carbocycles. The highest BCUT2D eigenvalue weighted by molar-refractivity contribution is 5.96. The maximum atomic E-state index is 11.7. The summed E-state index contributed by atoms with van der Waals surface area (Å²) in [6.07, 6.45) is -2.51. The molecule has 7 heteroatoms. The quantitative estimate of drug-likeness (QED) is 0.522. The number of amides is 1. The monoisotopic (exact) mass is 259 g/mol. The summed E-state index contributed by atoms with van der Waals surface area (Å²) in [5.41, 5.74) is 12.2. The van der Waals surface area contributed by atoms with Crippen molar-refractivity contribution >= 4 is 17.3 Å². The Hall–Kier alpha value is -1.89. The molecule has 100 valence electrons. The number of rotatable bonds is 6. The molecule has 0 unspecified atom stereocenters. The number of carbonyl (C=O) groups excluding carboxylic acids is 1. The summed E-state index contributed by atoms with van der Waals surface area (Å²) in [6, 6.07) is 4.49. The van der Waals surface area contributed by atoms with E-state index in [4.69, 9.17) is 11.5 Å². The van der Waals surface area contributed by atoms with E-state index in [2.05, 4.69) is 10.1 Å². The van der Waals surface area contributed by atoms with Crippen molar-refractivity contribution < 1.29 is 18.3 Å². The molecule has 1 rings (SSSR count). The SMILES string of the molecule is Nc1cc(N)cc(C(=O)NCCOCC(F)F)c1. The lowest BCUT2D eigenvalue weighted by Crippen LogP contribution is -2.28. The lowest BCUT2D eigenvalue weighted by atomic mass is 10.1. The number of nitrogens with one attached hydrogen (secondary N) is 1. The van der Waals surface area contributed by atoms with Crippen LogP contribution in [0.4, 0.5) is 20.2 Å². The number of anilines is 2. The minimum absolute atomic E-state index is 0.0217. The highest BCUT2D eigenvalue weighted by Crippen LogP contribution is 2.13. The number of ether oxygens (including phenoxy) is 1. The van der Waals surface area contributed by atoms with Gasteiger partial charge >= 0.3 is 0 Å². The largest absolute Gasteiger partial charge is 0.399 e. The van der Waals surface area contributed by atoms with Crippen molar-refractivity contribution in [1.29, 1.82) is 0 Å². The van der Waals surface area contributed by atoms with Gasteiger partial charge in [-0.3, -0.25) is 4.79 Å². The van der Waals surface area contributed by atoms with Crippen LogP contribution in [0.2, 0.25) is 0 Å². The van der Waals surface area contributed by atoms with Gasteiger partial charge in [-0.15, -0.1) is 0 Å². The van der Waals surface area contributed by atoms with Gasteiger partial charge in [-0.1, -0.05) is 0 Å². The van der Waals surface area contributed by atoms with Crippen LogP contribution in [0.25, 0.3) is 0 Å². The number of halogens is 2. The number of nitrogen functional groups attached to an aromatic ring is 2. The predicted molar refractivity (Wildman–Crippen MR) is 64.4 cm³/mol. The van der Waals surface area contributed by atoms with E-state index in [-0.39, 0.29) is 19.1 Å². The van der Waals surface area contributed by atoms with E-state index in [9.17, 15) is 13.6 Å². The maximum Gasteiger partial charge on any atom is 0.261 e. The Kier molecular flexibility index (Phi) is 5.31. The second kappa shape index (κ2) is 6.75. The first-order chi connectivity index (χ1) is 8.49. The molecule has 0 saturated heterocycles. The molecule has 0 aliphatic heterocycles. The Morgan fingerprint density at radius 1 is 1.28 bits per heavy atom. The highest BCUT2D eigenvalue weighted by atomic mass is 19.3. The average molecular weight is 259 g/mol. The summed E-state index contributed by atoms with van der Waals surface area (Å²) in [5, 5.41) is 2.51. The second-order valence-corrected chi connectivity index (χ2v) is 3.61. The van der Waals surface area contributed by atoms with E-state index in [1.807, 2.05) is 0 Å². The molecule has 5 N–H and O–H groups in total. The first kappa shape index (κ1) is 14.2. The van der Waals surface area contributed by atoms with E-state index in [1.165, 1.54) is 18.2 Å². The fraction of sp³-hybridized carbons (Fsp3) is 0.364. The smallest absolute Gasteiger partial charge is 0.261 e. The fourth-order valence-corrected chi connectivity index (χ4v) is 1.32. The van der Waals surface area contributed by atoms with Crippen LogP contribution in [0.1, 0.15) is 10.4 Å². The predicted octanol–water partition coefficient (Wildman–Crippen LogP) is 0.862. The number of nitrogens with two attached hydrogens (primary N) is 2. The van der Waals surface area contributed by atoms with Crippen molar-refractivity contribution in [3.8, 4) is 0 Å². The van der Waals surface area contributed by atoms with Crippen LogP contribution >= 0.6 is 0 Å². The molecule has 1 aromatic carbocycles. The van der Waals surface area contributed by atoms with Gasteiger partial charge in [-0.25, -0.2) is 8.78 Å². The van der Waals surface area contributed by atoms with Crippen LogP contribution < -0.4 is 16.8 Å². The van der Waals surface area contributed by atoms with Crippen molar-refractivity contribution in [2.75, 3.05) is 31.2 Å². The molecule has 18 heavy (non-hydrogen) atoms. The minimum atomic E-state index is -2.51. The van der Waals surface area contributed by atoms with E-state index in [0.29, 0.717) is 16.9 Å². The van der Waals surface area contributed by atoms with E-state index >= 15 is 0 Å². The minimum Gasteiger partial charge on any atom is -0.399 e. The summed E-state index contributed by atoms with van der Waals surface area (Å²) in [4.78, 5) is 11.6. The second-order valence-electron chi connectivity index (χ2n) is 3.61. The Morgan fingerprint density at radius 2 is 1.89 bits per heavy atom. The molecular weight excluding hydrogens is 244 g/mol.